The standard InChI is InChI=1S/C69H126N12O11S/c1-27-31-32-47(17)39-53-61(84)72-50(28-2)64(87)79(25)56(40-93-34-33-81(29-3)30-4)67(90)74(20)52(36-42(7)8)62(85)73-57(45(13)14)68(91)75(21)51(35-41(5)6)60(83)70-48(18)59(82)71-49(19)63(86)77(23)54(37-43(9)10)65(88)78(24)55(38-44(11)12)66(89)80(26)58(46(15)16)69(92)76(53)22/h27,31,41-58H,28-30,32-40H2,1-26H3,(H,70,83)(H,71,82)(H,72,84)(H,73,85)/b31-27+/t47-,48-,49+,50+,51-,52+,53-,54+,55-,56+,57-,58+/m1/s1. The third-order valence-corrected chi connectivity index (χ3v) is 19.0. The molecule has 0 aliphatic carbocycles. The van der Waals surface area contributed by atoms with Crippen LogP contribution in [0.15, 0.2) is 12.2 Å². The number of allylic oxidation sites excluding steroid dienone is 2. The maximum absolute atomic E-state index is 15.4. The van der Waals surface area contributed by atoms with Crippen LogP contribution < -0.4 is 21.3 Å². The number of rotatable bonds is 22. The average Bonchev–Trinajstić information content (AvgIpc) is 2.40. The predicted molar refractivity (Wildman–Crippen MR) is 371 cm³/mol. The summed E-state index contributed by atoms with van der Waals surface area (Å²) in [5, 5.41) is 11.4. The van der Waals surface area contributed by atoms with E-state index in [0.29, 0.717) is 18.7 Å². The summed E-state index contributed by atoms with van der Waals surface area (Å²) in [6.45, 7) is 37.2. The van der Waals surface area contributed by atoms with Gasteiger partial charge in [-0.15, -0.1) is 0 Å². The summed E-state index contributed by atoms with van der Waals surface area (Å²) in [4.78, 5) is 175. The normalized spacial score (nSPS) is 26.1. The Hall–Kier alpha value is -5.78. The summed E-state index contributed by atoms with van der Waals surface area (Å²) in [7, 11) is 10.5. The molecule has 0 aromatic carbocycles. The van der Waals surface area contributed by atoms with Gasteiger partial charge < -0.3 is 60.5 Å². The molecular weight excluding hydrogens is 1200 g/mol. The fourth-order valence-corrected chi connectivity index (χ4v) is 13.0. The lowest BCUT2D eigenvalue weighted by molar-refractivity contribution is -0.156. The lowest BCUT2D eigenvalue weighted by Crippen LogP contribution is -2.62. The molecule has 0 saturated carbocycles. The molecule has 11 amide bonds. The fraction of sp³-hybridized carbons (Fsp3) is 0.812. The van der Waals surface area contributed by atoms with Crippen molar-refractivity contribution in [2.24, 2.45) is 41.4 Å². The van der Waals surface area contributed by atoms with Crippen LogP contribution in [-0.2, 0) is 52.7 Å². The van der Waals surface area contributed by atoms with E-state index in [1.54, 1.807) is 34.6 Å². The molecule has 4 N–H and O–H groups in total. The molecule has 0 unspecified atom stereocenters. The van der Waals surface area contributed by atoms with E-state index in [1.165, 1.54) is 109 Å². The van der Waals surface area contributed by atoms with Crippen molar-refractivity contribution in [3.05, 3.63) is 12.2 Å². The second kappa shape index (κ2) is 40.6. The number of hydrogen-bond donors (Lipinski definition) is 4. The minimum atomic E-state index is -1.22. The molecule has 0 radical (unpaired) electrons. The highest BCUT2D eigenvalue weighted by Gasteiger charge is 2.45. The van der Waals surface area contributed by atoms with Crippen LogP contribution in [0.4, 0.5) is 0 Å². The van der Waals surface area contributed by atoms with Crippen molar-refractivity contribution < 1.29 is 52.7 Å². The Balaban J connectivity index is 4.50. The van der Waals surface area contributed by atoms with Gasteiger partial charge in [-0.1, -0.05) is 123 Å². The molecule has 0 aromatic rings. The average molecular weight is 1330 g/mol. The van der Waals surface area contributed by atoms with E-state index in [1.807, 2.05) is 81.4 Å². The molecule has 1 heterocycles. The highest BCUT2D eigenvalue weighted by atomic mass is 32.2. The highest BCUT2D eigenvalue weighted by molar-refractivity contribution is 7.99. The van der Waals surface area contributed by atoms with Gasteiger partial charge in [-0.05, 0) is 120 Å². The second-order valence-electron chi connectivity index (χ2n) is 28.4. The summed E-state index contributed by atoms with van der Waals surface area (Å²) in [5.41, 5.74) is 0. The molecule has 1 aliphatic rings. The lowest BCUT2D eigenvalue weighted by atomic mass is 9.93. The third kappa shape index (κ3) is 25.4. The van der Waals surface area contributed by atoms with Crippen molar-refractivity contribution in [3.63, 3.8) is 0 Å². The number of amides is 11. The molecule has 0 aromatic heterocycles. The van der Waals surface area contributed by atoms with Gasteiger partial charge >= 0.3 is 0 Å². The Morgan fingerprint density at radius 1 is 0.430 bits per heavy atom. The number of nitrogens with zero attached hydrogens (tertiary/aromatic N) is 8. The van der Waals surface area contributed by atoms with E-state index in [-0.39, 0.29) is 73.9 Å². The zero-order valence-electron chi connectivity index (χ0n) is 62.0. The second-order valence-corrected chi connectivity index (χ2v) is 29.5. The fourth-order valence-electron chi connectivity index (χ4n) is 11.9. The quantitative estimate of drug-likeness (QED) is 0.0746. The van der Waals surface area contributed by atoms with Gasteiger partial charge in [-0.3, -0.25) is 52.7 Å². The molecule has 1 aliphatic heterocycles. The third-order valence-electron chi connectivity index (χ3n) is 17.9. The first-order valence-electron chi connectivity index (χ1n) is 34.2. The van der Waals surface area contributed by atoms with Gasteiger partial charge in [0.2, 0.25) is 65.0 Å². The van der Waals surface area contributed by atoms with Crippen molar-refractivity contribution >= 4 is 76.7 Å². The number of nitrogens with one attached hydrogen (secondary N) is 4. The number of carbonyl (C=O) groups is 11. The van der Waals surface area contributed by atoms with E-state index in [0.717, 1.165) is 13.1 Å². The van der Waals surface area contributed by atoms with Crippen molar-refractivity contribution in [1.29, 1.82) is 0 Å². The van der Waals surface area contributed by atoms with E-state index < -0.39 is 143 Å². The van der Waals surface area contributed by atoms with Gasteiger partial charge in [0.15, 0.2) is 0 Å². The van der Waals surface area contributed by atoms with Gasteiger partial charge in [0.25, 0.3) is 0 Å². The largest absolute Gasteiger partial charge is 0.343 e. The molecular formula is C69H126N12O11S. The van der Waals surface area contributed by atoms with Gasteiger partial charge in [0.05, 0.1) is 0 Å². The first kappa shape index (κ1) is 85.2. The minimum Gasteiger partial charge on any atom is -0.343 e. The Morgan fingerprint density at radius 2 is 0.817 bits per heavy atom. The van der Waals surface area contributed by atoms with Crippen LogP contribution in [0.1, 0.15) is 176 Å². The number of hydrogen-bond acceptors (Lipinski definition) is 13. The zero-order chi connectivity index (χ0) is 71.8. The van der Waals surface area contributed by atoms with Crippen molar-refractivity contribution in [1.82, 2.24) is 60.5 Å². The summed E-state index contributed by atoms with van der Waals surface area (Å²) < 4.78 is 0. The summed E-state index contributed by atoms with van der Waals surface area (Å²) in [5.74, 6) is -7.56. The topological polar surface area (TPSA) is 262 Å². The van der Waals surface area contributed by atoms with Crippen molar-refractivity contribution in [2.75, 3.05) is 80.5 Å². The van der Waals surface area contributed by atoms with Crippen LogP contribution in [-0.4, -0.2) is 251 Å². The molecule has 23 nitrogen and oxygen atoms in total. The van der Waals surface area contributed by atoms with Gasteiger partial charge in [-0.2, -0.15) is 11.8 Å². The smallest absolute Gasteiger partial charge is 0.246 e. The van der Waals surface area contributed by atoms with Crippen LogP contribution in [0.3, 0.4) is 0 Å². The van der Waals surface area contributed by atoms with Gasteiger partial charge in [0, 0.05) is 67.4 Å². The summed E-state index contributed by atoms with van der Waals surface area (Å²) in [6.07, 6.45) is 5.41. The van der Waals surface area contributed by atoms with Crippen molar-refractivity contribution in [3.8, 4) is 0 Å². The number of thioether (sulfide) groups is 1. The monoisotopic (exact) mass is 1330 g/mol. The maximum Gasteiger partial charge on any atom is 0.246 e. The van der Waals surface area contributed by atoms with Crippen LogP contribution in [0.25, 0.3) is 0 Å². The molecule has 1 saturated heterocycles. The van der Waals surface area contributed by atoms with Gasteiger partial charge in [-0.25, -0.2) is 0 Å². The van der Waals surface area contributed by atoms with Crippen molar-refractivity contribution in [2.45, 2.75) is 243 Å². The summed E-state index contributed by atoms with van der Waals surface area (Å²) >= 11 is 1.48. The van der Waals surface area contributed by atoms with Crippen LogP contribution in [0.2, 0.25) is 0 Å². The SMILES string of the molecule is C/C=C/C[C@@H](C)C[C@@H]1C(=O)N[C@@H](CC)C(=O)N(C)[C@@H](CSCCN(CC)CC)C(=O)N(C)[C@@H](CC(C)C)C(=O)N[C@H](C(C)C)C(=O)N(C)[C@H](CC(C)C)C(=O)N[C@H](C)C(=O)N[C@@H](C)C(=O)N(C)[C@@H](CC(C)C)C(=O)N(C)[C@H](CC(C)C)C(=O)N(C)[C@@H](C(C)C)C(=O)N1C. The lowest BCUT2D eigenvalue weighted by Gasteiger charge is -2.41. The molecule has 24 heteroatoms. The molecule has 93 heavy (non-hydrogen) atoms. The first-order valence-corrected chi connectivity index (χ1v) is 35.3. The Kier molecular flexibility index (Phi) is 37.2. The minimum absolute atomic E-state index is 0.0980. The van der Waals surface area contributed by atoms with Crippen LogP contribution >= 0.6 is 11.8 Å². The van der Waals surface area contributed by atoms with E-state index in [9.17, 15) is 24.0 Å². The van der Waals surface area contributed by atoms with E-state index in [4.69, 9.17) is 0 Å². The molecule has 12 atom stereocenters. The summed E-state index contributed by atoms with van der Waals surface area (Å²) in [6, 6.07) is -12.8. The molecule has 0 spiro atoms. The van der Waals surface area contributed by atoms with Gasteiger partial charge in [0.1, 0.15) is 66.5 Å². The maximum atomic E-state index is 15.4. The highest BCUT2D eigenvalue weighted by Crippen LogP contribution is 2.26. The van der Waals surface area contributed by atoms with Crippen LogP contribution in [0.5, 0.6) is 0 Å². The molecule has 534 valence electrons. The van der Waals surface area contributed by atoms with E-state index in [2.05, 4.69) is 40.0 Å². The first-order chi connectivity index (χ1) is 43.2. The molecule has 0 bridgehead atoms. The Bertz CT molecular complexity index is 2490. The Labute approximate surface area is 564 Å². The molecule has 1 rings (SSSR count). The predicted octanol–water partition coefficient (Wildman–Crippen LogP) is 5.74. The Morgan fingerprint density at radius 3 is 1.27 bits per heavy atom. The molecule has 1 fully saturated rings. The number of likely N-dealkylation sites (N-methyl/N-ethyl adjacent to an activating group) is 7. The van der Waals surface area contributed by atoms with Crippen LogP contribution in [0, 0.1) is 41.4 Å². The van der Waals surface area contributed by atoms with E-state index >= 15 is 28.8 Å². The number of carbonyl (C=O) groups excluding carboxylic acids is 11. The zero-order valence-corrected chi connectivity index (χ0v) is 62.8.